The third kappa shape index (κ3) is 3.31. The Labute approximate surface area is 127 Å². The van der Waals surface area contributed by atoms with Crippen LogP contribution in [0.25, 0.3) is 10.2 Å². The van der Waals surface area contributed by atoms with Gasteiger partial charge in [-0.1, -0.05) is 0 Å². The number of carbonyl (C=O) groups is 1. The number of aliphatic hydroxyl groups is 1. The van der Waals surface area contributed by atoms with Crippen molar-refractivity contribution in [1.82, 2.24) is 9.88 Å². The summed E-state index contributed by atoms with van der Waals surface area (Å²) >= 11 is 1.28. The molecular weight excluding hydrogens is 290 g/mol. The third-order valence-electron chi connectivity index (χ3n) is 3.15. The molecule has 2 rings (SSSR count). The van der Waals surface area contributed by atoms with Crippen molar-refractivity contribution >= 4 is 33.1 Å². The maximum absolute atomic E-state index is 12.6. The number of aliphatic hydroxyl groups excluding tert-OH is 1. The van der Waals surface area contributed by atoms with Crippen molar-refractivity contribution in [2.75, 3.05) is 39.1 Å². The number of nitrogen functional groups attached to an aromatic ring is 1. The molecule has 0 fully saturated rings. The molecule has 3 N–H and O–H groups in total. The number of nitrogens with zero attached hydrogens (tertiary/aromatic N) is 2. The van der Waals surface area contributed by atoms with Crippen LogP contribution in [0.4, 0.5) is 5.69 Å². The fraction of sp³-hybridized carbons (Fsp3) is 0.429. The van der Waals surface area contributed by atoms with E-state index in [-0.39, 0.29) is 19.1 Å². The molecule has 0 saturated heterocycles. The predicted molar refractivity (Wildman–Crippen MR) is 83.6 cm³/mol. The molecule has 6 nitrogen and oxygen atoms in total. The van der Waals surface area contributed by atoms with Gasteiger partial charge in [-0.05, 0) is 19.1 Å². The number of fused-ring (bicyclic) bond motifs is 1. The first-order valence-electron chi connectivity index (χ1n) is 6.63. The Bertz CT molecular complexity index is 642. The second-order valence-corrected chi connectivity index (χ2v) is 5.66. The highest BCUT2D eigenvalue weighted by Crippen LogP contribution is 2.33. The van der Waals surface area contributed by atoms with Crippen molar-refractivity contribution in [3.8, 4) is 0 Å². The van der Waals surface area contributed by atoms with Gasteiger partial charge < -0.3 is 20.5 Å². The molecular formula is C14H19N3O3S. The number of ether oxygens (including phenoxy) is 1. The number of anilines is 1. The second-order valence-electron chi connectivity index (χ2n) is 4.66. The zero-order valence-corrected chi connectivity index (χ0v) is 12.9. The average molecular weight is 309 g/mol. The highest BCUT2D eigenvalue weighted by molar-refractivity contribution is 7.21. The molecule has 21 heavy (non-hydrogen) atoms. The lowest BCUT2D eigenvalue weighted by Gasteiger charge is -2.20. The maximum Gasteiger partial charge on any atom is 0.266 e. The van der Waals surface area contributed by atoms with Crippen LogP contribution < -0.4 is 5.73 Å². The number of thiophene rings is 1. The Morgan fingerprint density at radius 1 is 1.48 bits per heavy atom. The highest BCUT2D eigenvalue weighted by Gasteiger charge is 2.22. The standard InChI is InChI=1S/C14H19N3O3S/c1-9-3-4-10-11(15)12(21-13(10)16-9)14(19)17(5-7-18)6-8-20-2/h3-4,18H,5-8,15H2,1-2H3. The van der Waals surface area contributed by atoms with Gasteiger partial charge in [-0.15, -0.1) is 11.3 Å². The van der Waals surface area contributed by atoms with Gasteiger partial charge in [0.25, 0.3) is 5.91 Å². The molecule has 0 saturated carbocycles. The lowest BCUT2D eigenvalue weighted by atomic mass is 10.2. The molecule has 0 aliphatic rings. The van der Waals surface area contributed by atoms with Gasteiger partial charge in [-0.2, -0.15) is 0 Å². The minimum absolute atomic E-state index is 0.0996. The topological polar surface area (TPSA) is 88.7 Å². The fourth-order valence-electron chi connectivity index (χ4n) is 2.03. The normalized spacial score (nSPS) is 11.0. The Hall–Kier alpha value is -1.70. The summed E-state index contributed by atoms with van der Waals surface area (Å²) in [5.74, 6) is -0.195. The minimum Gasteiger partial charge on any atom is -0.397 e. The van der Waals surface area contributed by atoms with Crippen LogP contribution in [0.15, 0.2) is 12.1 Å². The lowest BCUT2D eigenvalue weighted by molar-refractivity contribution is 0.0662. The van der Waals surface area contributed by atoms with Gasteiger partial charge in [0.2, 0.25) is 0 Å². The monoisotopic (exact) mass is 309 g/mol. The van der Waals surface area contributed by atoms with Crippen molar-refractivity contribution < 1.29 is 14.6 Å². The van der Waals surface area contributed by atoms with Gasteiger partial charge >= 0.3 is 0 Å². The van der Waals surface area contributed by atoms with E-state index < -0.39 is 0 Å². The van der Waals surface area contributed by atoms with Gasteiger partial charge in [-0.3, -0.25) is 4.79 Å². The van der Waals surface area contributed by atoms with Crippen molar-refractivity contribution in [3.05, 3.63) is 22.7 Å². The van der Waals surface area contributed by atoms with Crippen LogP contribution in [0.2, 0.25) is 0 Å². The molecule has 0 aliphatic heterocycles. The SMILES string of the molecule is COCCN(CCO)C(=O)c1sc2nc(C)ccc2c1N. The summed E-state index contributed by atoms with van der Waals surface area (Å²) in [6.07, 6.45) is 0. The Morgan fingerprint density at radius 3 is 2.90 bits per heavy atom. The summed E-state index contributed by atoms with van der Waals surface area (Å²) < 4.78 is 4.99. The Morgan fingerprint density at radius 2 is 2.24 bits per heavy atom. The van der Waals surface area contributed by atoms with E-state index in [1.165, 1.54) is 16.2 Å². The van der Waals surface area contributed by atoms with Crippen LogP contribution in [-0.2, 0) is 4.74 Å². The molecule has 2 heterocycles. The summed E-state index contributed by atoms with van der Waals surface area (Å²) in [5.41, 5.74) is 7.42. The van der Waals surface area contributed by atoms with E-state index in [0.717, 1.165) is 15.9 Å². The van der Waals surface area contributed by atoms with Gasteiger partial charge in [0.05, 0.1) is 18.9 Å². The van der Waals surface area contributed by atoms with Crippen LogP contribution in [0.3, 0.4) is 0 Å². The van der Waals surface area contributed by atoms with Gasteiger partial charge in [0, 0.05) is 31.3 Å². The molecule has 0 bridgehead atoms. The molecule has 2 aromatic rings. The summed E-state index contributed by atoms with van der Waals surface area (Å²) in [6, 6.07) is 3.75. The number of pyridine rings is 1. The number of nitrogens with two attached hydrogens (primary N) is 1. The maximum atomic E-state index is 12.6. The summed E-state index contributed by atoms with van der Waals surface area (Å²) in [6.45, 7) is 2.87. The van der Waals surface area contributed by atoms with Crippen molar-refractivity contribution in [2.45, 2.75) is 6.92 Å². The van der Waals surface area contributed by atoms with Crippen molar-refractivity contribution in [2.24, 2.45) is 0 Å². The molecule has 2 aromatic heterocycles. The number of hydrogen-bond donors (Lipinski definition) is 2. The Balaban J connectivity index is 2.34. The molecule has 7 heteroatoms. The zero-order valence-electron chi connectivity index (χ0n) is 12.1. The zero-order chi connectivity index (χ0) is 15.4. The van der Waals surface area contributed by atoms with E-state index in [4.69, 9.17) is 15.6 Å². The minimum atomic E-state index is -0.195. The van der Waals surface area contributed by atoms with E-state index >= 15 is 0 Å². The number of rotatable bonds is 6. The number of hydrogen-bond acceptors (Lipinski definition) is 6. The van der Waals surface area contributed by atoms with E-state index in [1.807, 2.05) is 19.1 Å². The van der Waals surface area contributed by atoms with E-state index in [2.05, 4.69) is 4.98 Å². The van der Waals surface area contributed by atoms with Crippen LogP contribution in [0.1, 0.15) is 15.4 Å². The first-order valence-corrected chi connectivity index (χ1v) is 7.44. The Kier molecular flexibility index (Phi) is 5.11. The largest absolute Gasteiger partial charge is 0.397 e. The molecule has 1 amide bonds. The fourth-order valence-corrected chi connectivity index (χ4v) is 3.14. The summed E-state index contributed by atoms with van der Waals surface area (Å²) in [7, 11) is 1.57. The number of amides is 1. The molecule has 0 unspecified atom stereocenters. The quantitative estimate of drug-likeness (QED) is 0.839. The molecule has 0 atom stereocenters. The number of aryl methyl sites for hydroxylation is 1. The smallest absolute Gasteiger partial charge is 0.266 e. The lowest BCUT2D eigenvalue weighted by Crippen LogP contribution is -2.36. The van der Waals surface area contributed by atoms with Gasteiger partial charge in [-0.25, -0.2) is 4.98 Å². The third-order valence-corrected chi connectivity index (χ3v) is 4.25. The highest BCUT2D eigenvalue weighted by atomic mass is 32.1. The number of aromatic nitrogens is 1. The summed E-state index contributed by atoms with van der Waals surface area (Å²) in [4.78, 5) is 19.7. The van der Waals surface area contributed by atoms with Gasteiger partial charge in [0.1, 0.15) is 9.71 Å². The predicted octanol–water partition coefficient (Wildman–Crippen LogP) is 1.27. The van der Waals surface area contributed by atoms with Gasteiger partial charge in [0.15, 0.2) is 0 Å². The number of methoxy groups -OCH3 is 1. The first-order chi connectivity index (χ1) is 10.1. The molecule has 0 spiro atoms. The summed E-state index contributed by atoms with van der Waals surface area (Å²) in [5, 5.41) is 9.90. The van der Waals surface area contributed by atoms with Crippen LogP contribution in [0, 0.1) is 6.92 Å². The molecule has 0 radical (unpaired) electrons. The van der Waals surface area contributed by atoms with Crippen molar-refractivity contribution in [3.63, 3.8) is 0 Å². The van der Waals surface area contributed by atoms with Crippen LogP contribution >= 0.6 is 11.3 Å². The number of carbonyl (C=O) groups excluding carboxylic acids is 1. The molecule has 0 aromatic carbocycles. The molecule has 0 aliphatic carbocycles. The van der Waals surface area contributed by atoms with E-state index in [9.17, 15) is 4.79 Å². The van der Waals surface area contributed by atoms with E-state index in [1.54, 1.807) is 7.11 Å². The molecule has 114 valence electrons. The van der Waals surface area contributed by atoms with E-state index in [0.29, 0.717) is 23.7 Å². The first kappa shape index (κ1) is 15.7. The average Bonchev–Trinajstić information content (AvgIpc) is 2.79. The van der Waals surface area contributed by atoms with Crippen LogP contribution in [-0.4, -0.2) is 54.3 Å². The van der Waals surface area contributed by atoms with Crippen molar-refractivity contribution in [1.29, 1.82) is 0 Å². The van der Waals surface area contributed by atoms with Crippen LogP contribution in [0.5, 0.6) is 0 Å². The second kappa shape index (κ2) is 6.84.